The maximum absolute atomic E-state index is 12.2. The lowest BCUT2D eigenvalue weighted by Crippen LogP contribution is -2.23. The van der Waals surface area contributed by atoms with Gasteiger partial charge in [0, 0.05) is 25.3 Å². The third-order valence-electron chi connectivity index (χ3n) is 3.43. The van der Waals surface area contributed by atoms with E-state index in [0.29, 0.717) is 29.3 Å². The van der Waals surface area contributed by atoms with Gasteiger partial charge in [-0.25, -0.2) is 0 Å². The van der Waals surface area contributed by atoms with Crippen LogP contribution in [0.2, 0.25) is 0 Å². The molecule has 0 spiro atoms. The lowest BCUT2D eigenvalue weighted by Gasteiger charge is -2.13. The summed E-state index contributed by atoms with van der Waals surface area (Å²) >= 11 is 0. The number of carbonyl (C=O) groups is 2. The molecule has 132 valence electrons. The average Bonchev–Trinajstić information content (AvgIpc) is 2.61. The molecule has 2 rings (SSSR count). The molecular formula is C19H23N3O3. The van der Waals surface area contributed by atoms with Gasteiger partial charge in [-0.1, -0.05) is 18.2 Å². The molecule has 0 aliphatic heterocycles. The monoisotopic (exact) mass is 341 g/mol. The Morgan fingerprint density at radius 1 is 1.08 bits per heavy atom. The second kappa shape index (κ2) is 8.73. The zero-order chi connectivity index (χ0) is 18.2. The van der Waals surface area contributed by atoms with Gasteiger partial charge in [0.15, 0.2) is 0 Å². The topological polar surface area (TPSA) is 70.7 Å². The van der Waals surface area contributed by atoms with Gasteiger partial charge in [-0.15, -0.1) is 0 Å². The van der Waals surface area contributed by atoms with E-state index in [1.807, 2.05) is 31.2 Å². The van der Waals surface area contributed by atoms with Crippen molar-refractivity contribution in [1.82, 2.24) is 4.90 Å². The number of rotatable bonds is 7. The third kappa shape index (κ3) is 5.24. The molecular weight excluding hydrogens is 318 g/mol. The maximum atomic E-state index is 12.2. The van der Waals surface area contributed by atoms with Gasteiger partial charge in [-0.3, -0.25) is 9.59 Å². The number of nitrogens with zero attached hydrogens (tertiary/aromatic N) is 1. The number of carbonyl (C=O) groups excluding carboxylic acids is 2. The first kappa shape index (κ1) is 18.3. The first-order valence-corrected chi connectivity index (χ1v) is 8.08. The fourth-order valence-electron chi connectivity index (χ4n) is 2.25. The lowest BCUT2D eigenvalue weighted by atomic mass is 10.2. The average molecular weight is 341 g/mol. The van der Waals surface area contributed by atoms with Gasteiger partial charge in [-0.05, 0) is 37.3 Å². The number of benzene rings is 2. The van der Waals surface area contributed by atoms with Crippen molar-refractivity contribution in [3.63, 3.8) is 0 Å². The molecule has 2 N–H and O–H groups in total. The SMILES string of the molecule is CCOc1ccccc1NC(=O)CNc1cccc(C(=O)N(C)C)c1. The number of hydrogen-bond donors (Lipinski definition) is 2. The molecule has 2 aromatic rings. The molecule has 0 bridgehead atoms. The summed E-state index contributed by atoms with van der Waals surface area (Å²) in [5.41, 5.74) is 1.91. The molecule has 0 atom stereocenters. The van der Waals surface area contributed by atoms with Gasteiger partial charge in [0.25, 0.3) is 5.91 Å². The van der Waals surface area contributed by atoms with E-state index < -0.39 is 0 Å². The molecule has 0 aromatic heterocycles. The highest BCUT2D eigenvalue weighted by Crippen LogP contribution is 2.23. The molecule has 6 nitrogen and oxygen atoms in total. The Morgan fingerprint density at radius 3 is 2.56 bits per heavy atom. The summed E-state index contributed by atoms with van der Waals surface area (Å²) in [6.07, 6.45) is 0. The van der Waals surface area contributed by atoms with E-state index in [0.717, 1.165) is 0 Å². The van der Waals surface area contributed by atoms with E-state index >= 15 is 0 Å². The van der Waals surface area contributed by atoms with Crippen LogP contribution < -0.4 is 15.4 Å². The molecule has 0 saturated carbocycles. The van der Waals surface area contributed by atoms with Gasteiger partial charge in [0.05, 0.1) is 18.8 Å². The van der Waals surface area contributed by atoms with Crippen LogP contribution in [0.4, 0.5) is 11.4 Å². The summed E-state index contributed by atoms with van der Waals surface area (Å²) in [5, 5.41) is 5.85. The van der Waals surface area contributed by atoms with Gasteiger partial charge < -0.3 is 20.3 Å². The lowest BCUT2D eigenvalue weighted by molar-refractivity contribution is -0.114. The minimum Gasteiger partial charge on any atom is -0.492 e. The predicted molar refractivity (Wildman–Crippen MR) is 99.2 cm³/mol. The molecule has 0 heterocycles. The van der Waals surface area contributed by atoms with Crippen molar-refractivity contribution < 1.29 is 14.3 Å². The standard InChI is InChI=1S/C19H23N3O3/c1-4-25-17-11-6-5-10-16(17)21-18(23)13-20-15-9-7-8-14(12-15)19(24)22(2)3/h5-12,20H,4,13H2,1-3H3,(H,21,23). The molecule has 0 fully saturated rings. The fourth-order valence-corrected chi connectivity index (χ4v) is 2.25. The van der Waals surface area contributed by atoms with Crippen LogP contribution in [0.1, 0.15) is 17.3 Å². The van der Waals surface area contributed by atoms with Crippen molar-refractivity contribution in [3.05, 3.63) is 54.1 Å². The summed E-state index contributed by atoms with van der Waals surface area (Å²) < 4.78 is 5.49. The highest BCUT2D eigenvalue weighted by Gasteiger charge is 2.10. The van der Waals surface area contributed by atoms with Gasteiger partial charge in [0.1, 0.15) is 5.75 Å². The second-order valence-corrected chi connectivity index (χ2v) is 5.61. The zero-order valence-corrected chi connectivity index (χ0v) is 14.7. The summed E-state index contributed by atoms with van der Waals surface area (Å²) in [5.74, 6) is 0.354. The molecule has 6 heteroatoms. The normalized spacial score (nSPS) is 10.0. The molecule has 0 radical (unpaired) electrons. The molecule has 0 aliphatic carbocycles. The minimum absolute atomic E-state index is 0.0834. The summed E-state index contributed by atoms with van der Waals surface area (Å²) in [6, 6.07) is 14.3. The minimum atomic E-state index is -0.198. The van der Waals surface area contributed by atoms with Crippen molar-refractivity contribution in [3.8, 4) is 5.75 Å². The highest BCUT2D eigenvalue weighted by molar-refractivity contribution is 5.96. The Kier molecular flexibility index (Phi) is 6.39. The Balaban J connectivity index is 1.97. The first-order chi connectivity index (χ1) is 12.0. The van der Waals surface area contributed by atoms with E-state index in [2.05, 4.69) is 10.6 Å². The first-order valence-electron chi connectivity index (χ1n) is 8.08. The van der Waals surface area contributed by atoms with Crippen molar-refractivity contribution in [2.45, 2.75) is 6.92 Å². The van der Waals surface area contributed by atoms with Crippen molar-refractivity contribution >= 4 is 23.2 Å². The van der Waals surface area contributed by atoms with Crippen LogP contribution in [0.5, 0.6) is 5.75 Å². The maximum Gasteiger partial charge on any atom is 0.253 e. The quantitative estimate of drug-likeness (QED) is 0.812. The molecule has 0 unspecified atom stereocenters. The van der Waals surface area contributed by atoms with Gasteiger partial charge in [0.2, 0.25) is 5.91 Å². The van der Waals surface area contributed by atoms with Crippen LogP contribution in [-0.4, -0.2) is 44.0 Å². The van der Waals surface area contributed by atoms with Crippen molar-refractivity contribution in [1.29, 1.82) is 0 Å². The van der Waals surface area contributed by atoms with E-state index in [9.17, 15) is 9.59 Å². The molecule has 2 aromatic carbocycles. The largest absolute Gasteiger partial charge is 0.492 e. The molecule has 0 aliphatic rings. The molecule has 2 amide bonds. The van der Waals surface area contributed by atoms with Crippen LogP contribution in [0.15, 0.2) is 48.5 Å². The van der Waals surface area contributed by atoms with Crippen LogP contribution in [0, 0.1) is 0 Å². The fraction of sp³-hybridized carbons (Fsp3) is 0.263. The smallest absolute Gasteiger partial charge is 0.253 e. The number of hydrogen-bond acceptors (Lipinski definition) is 4. The van der Waals surface area contributed by atoms with Crippen LogP contribution in [0.25, 0.3) is 0 Å². The van der Waals surface area contributed by atoms with Crippen LogP contribution in [-0.2, 0) is 4.79 Å². The number of anilines is 2. The van der Waals surface area contributed by atoms with E-state index in [1.165, 1.54) is 4.90 Å². The molecule has 25 heavy (non-hydrogen) atoms. The Bertz CT molecular complexity index is 744. The van der Waals surface area contributed by atoms with E-state index in [4.69, 9.17) is 4.74 Å². The number of para-hydroxylation sites is 2. The van der Waals surface area contributed by atoms with Crippen LogP contribution >= 0.6 is 0 Å². The predicted octanol–water partition coefficient (Wildman–Crippen LogP) is 2.84. The summed E-state index contributed by atoms with van der Waals surface area (Å²) in [6.45, 7) is 2.50. The molecule has 0 saturated heterocycles. The highest BCUT2D eigenvalue weighted by atomic mass is 16.5. The Hall–Kier alpha value is -3.02. The van der Waals surface area contributed by atoms with Crippen molar-refractivity contribution in [2.24, 2.45) is 0 Å². The number of ether oxygens (including phenoxy) is 1. The third-order valence-corrected chi connectivity index (χ3v) is 3.43. The summed E-state index contributed by atoms with van der Waals surface area (Å²) in [4.78, 5) is 25.7. The Morgan fingerprint density at radius 2 is 1.84 bits per heavy atom. The van der Waals surface area contributed by atoms with Crippen LogP contribution in [0.3, 0.4) is 0 Å². The number of nitrogens with one attached hydrogen (secondary N) is 2. The zero-order valence-electron chi connectivity index (χ0n) is 14.7. The van der Waals surface area contributed by atoms with Gasteiger partial charge >= 0.3 is 0 Å². The Labute approximate surface area is 147 Å². The van der Waals surface area contributed by atoms with Gasteiger partial charge in [-0.2, -0.15) is 0 Å². The van der Waals surface area contributed by atoms with E-state index in [1.54, 1.807) is 38.4 Å². The summed E-state index contributed by atoms with van der Waals surface area (Å²) in [7, 11) is 3.40. The van der Waals surface area contributed by atoms with E-state index in [-0.39, 0.29) is 18.4 Å². The van der Waals surface area contributed by atoms with Crippen molar-refractivity contribution in [2.75, 3.05) is 37.9 Å². The number of amides is 2. The second-order valence-electron chi connectivity index (χ2n) is 5.61.